The van der Waals surface area contributed by atoms with Crippen LogP contribution in [0.4, 0.5) is 0 Å². The van der Waals surface area contributed by atoms with Crippen LogP contribution in [0.2, 0.25) is 0 Å². The normalized spacial score (nSPS) is 15.7. The minimum atomic E-state index is 0.564. The summed E-state index contributed by atoms with van der Waals surface area (Å²) in [5.74, 6) is 3.34. The van der Waals surface area contributed by atoms with Gasteiger partial charge < -0.3 is 4.74 Å². The van der Waals surface area contributed by atoms with Crippen molar-refractivity contribution in [3.63, 3.8) is 0 Å². The average Bonchev–Trinajstić information content (AvgIpc) is 2.82. The van der Waals surface area contributed by atoms with Crippen molar-refractivity contribution in [1.29, 1.82) is 0 Å². The van der Waals surface area contributed by atoms with Gasteiger partial charge in [0.2, 0.25) is 11.3 Å². The van der Waals surface area contributed by atoms with E-state index < -0.39 is 0 Å². The van der Waals surface area contributed by atoms with E-state index in [9.17, 15) is 0 Å². The smallest absolute Gasteiger partial charge is 0.257 e. The molecule has 0 saturated heterocycles. The molecule has 0 amide bonds. The lowest BCUT2D eigenvalue weighted by Gasteiger charge is -2.29. The standard InChI is InChI=1S/C32H36NO/c1-19(2)15-22-17-24-16-20(3)21(4)28-30(24)27(18-22)34-32-29(23-11-7-6-8-12-23)25-13-9-10-14-26(25)33(5)31(28)32/h9-10,13-14,16-19,23H,6-8,11-12,15H2,1-5H3/q+1. The Bertz CT molecular complexity index is 1440. The van der Waals surface area contributed by atoms with Crippen molar-refractivity contribution in [2.45, 2.75) is 72.1 Å². The molecule has 0 unspecified atom stereocenters. The number of fused-ring (bicyclic) bond motifs is 3. The molecule has 1 aliphatic heterocycles. The Morgan fingerprint density at radius 3 is 2.53 bits per heavy atom. The summed E-state index contributed by atoms with van der Waals surface area (Å²) in [7, 11) is 2.22. The van der Waals surface area contributed by atoms with Gasteiger partial charge in [-0.25, -0.2) is 0 Å². The van der Waals surface area contributed by atoms with Crippen molar-refractivity contribution < 1.29 is 9.30 Å². The molecule has 0 bridgehead atoms. The van der Waals surface area contributed by atoms with Gasteiger partial charge in [0, 0.05) is 17.0 Å². The van der Waals surface area contributed by atoms with E-state index in [1.807, 2.05) is 0 Å². The molecule has 2 nitrogen and oxygen atoms in total. The molecule has 3 aromatic carbocycles. The number of rotatable bonds is 3. The minimum absolute atomic E-state index is 0.564. The number of para-hydroxylation sites is 1. The van der Waals surface area contributed by atoms with Gasteiger partial charge in [-0.1, -0.05) is 57.4 Å². The second-order valence-electron chi connectivity index (χ2n) is 11.1. The van der Waals surface area contributed by atoms with Gasteiger partial charge in [-0.15, -0.1) is 0 Å². The zero-order valence-electron chi connectivity index (χ0n) is 21.3. The van der Waals surface area contributed by atoms with E-state index in [1.165, 1.54) is 87.3 Å². The van der Waals surface area contributed by atoms with E-state index in [-0.39, 0.29) is 0 Å². The third-order valence-corrected chi connectivity index (χ3v) is 8.24. The molecule has 2 heterocycles. The quantitative estimate of drug-likeness (QED) is 0.251. The van der Waals surface area contributed by atoms with Crippen molar-refractivity contribution >= 4 is 21.7 Å². The maximum absolute atomic E-state index is 7.02. The summed E-state index contributed by atoms with van der Waals surface area (Å²) in [6.45, 7) is 9.15. The third kappa shape index (κ3) is 3.26. The summed E-state index contributed by atoms with van der Waals surface area (Å²) in [5, 5.41) is 3.95. The lowest BCUT2D eigenvalue weighted by Crippen LogP contribution is -2.35. The summed E-state index contributed by atoms with van der Waals surface area (Å²) in [5.41, 5.74) is 9.48. The van der Waals surface area contributed by atoms with E-state index >= 15 is 0 Å². The Balaban J connectivity index is 1.74. The highest BCUT2D eigenvalue weighted by atomic mass is 16.5. The first kappa shape index (κ1) is 21.6. The molecule has 0 radical (unpaired) electrons. The molecular weight excluding hydrogens is 414 g/mol. The van der Waals surface area contributed by atoms with Crippen molar-refractivity contribution in [3.8, 4) is 22.8 Å². The average molecular weight is 451 g/mol. The van der Waals surface area contributed by atoms with E-state index in [0.717, 1.165) is 17.9 Å². The number of aryl methyl sites for hydroxylation is 2. The summed E-state index contributed by atoms with van der Waals surface area (Å²) < 4.78 is 9.41. The molecule has 0 atom stereocenters. The van der Waals surface area contributed by atoms with Gasteiger partial charge in [-0.3, -0.25) is 0 Å². The number of nitrogens with zero attached hydrogens (tertiary/aromatic N) is 1. The zero-order valence-corrected chi connectivity index (χ0v) is 21.3. The maximum atomic E-state index is 7.02. The minimum Gasteiger partial charge on any atom is -0.449 e. The van der Waals surface area contributed by atoms with Crippen LogP contribution in [0.25, 0.3) is 32.9 Å². The van der Waals surface area contributed by atoms with Crippen LogP contribution >= 0.6 is 0 Å². The molecule has 1 aromatic heterocycles. The van der Waals surface area contributed by atoms with Crippen molar-refractivity contribution in [3.05, 3.63) is 64.7 Å². The number of pyridine rings is 1. The highest BCUT2D eigenvalue weighted by molar-refractivity contribution is 6.06. The second-order valence-corrected chi connectivity index (χ2v) is 11.1. The predicted molar refractivity (Wildman–Crippen MR) is 142 cm³/mol. The highest BCUT2D eigenvalue weighted by Crippen LogP contribution is 2.53. The highest BCUT2D eigenvalue weighted by Gasteiger charge is 2.37. The molecule has 1 aliphatic carbocycles. The number of hydrogen-bond donors (Lipinski definition) is 0. The third-order valence-electron chi connectivity index (χ3n) is 8.24. The fourth-order valence-electron chi connectivity index (χ4n) is 6.58. The van der Waals surface area contributed by atoms with Crippen molar-refractivity contribution in [1.82, 2.24) is 0 Å². The van der Waals surface area contributed by atoms with Crippen LogP contribution in [0.5, 0.6) is 11.5 Å². The molecule has 0 spiro atoms. The van der Waals surface area contributed by atoms with Crippen LogP contribution in [-0.4, -0.2) is 0 Å². The number of aromatic nitrogens is 1. The molecular formula is C32H36NO+. The Hall–Kier alpha value is -2.87. The van der Waals surface area contributed by atoms with Gasteiger partial charge in [0.25, 0.3) is 5.69 Å². The van der Waals surface area contributed by atoms with Crippen LogP contribution in [-0.2, 0) is 13.5 Å². The molecule has 1 fully saturated rings. The zero-order chi connectivity index (χ0) is 23.6. The Morgan fingerprint density at radius 1 is 1.00 bits per heavy atom. The van der Waals surface area contributed by atoms with Gasteiger partial charge in [-0.2, -0.15) is 4.57 Å². The SMILES string of the molecule is Cc1cc2cc(CC(C)C)cc3c2c(c1C)-c1c(c(C2CCCCC2)c2ccccc2[n+]1C)O3. The molecule has 34 heavy (non-hydrogen) atoms. The first-order valence-corrected chi connectivity index (χ1v) is 13.1. The molecule has 2 heteroatoms. The fourth-order valence-corrected chi connectivity index (χ4v) is 6.58. The largest absolute Gasteiger partial charge is 0.449 e. The lowest BCUT2D eigenvalue weighted by atomic mass is 9.80. The maximum Gasteiger partial charge on any atom is 0.257 e. The van der Waals surface area contributed by atoms with Gasteiger partial charge >= 0.3 is 0 Å². The molecule has 0 N–H and O–H groups in total. The Morgan fingerprint density at radius 2 is 1.76 bits per heavy atom. The van der Waals surface area contributed by atoms with E-state index in [1.54, 1.807) is 0 Å². The summed E-state index contributed by atoms with van der Waals surface area (Å²) in [6, 6.07) is 16.0. The van der Waals surface area contributed by atoms with Crippen molar-refractivity contribution in [2.75, 3.05) is 0 Å². The van der Waals surface area contributed by atoms with E-state index in [2.05, 4.69) is 81.8 Å². The summed E-state index contributed by atoms with van der Waals surface area (Å²) in [6.07, 6.45) is 7.58. The van der Waals surface area contributed by atoms with Crippen LogP contribution in [0, 0.1) is 19.8 Å². The van der Waals surface area contributed by atoms with Crippen molar-refractivity contribution in [2.24, 2.45) is 13.0 Å². The Labute approximate surface area is 203 Å². The topological polar surface area (TPSA) is 13.1 Å². The van der Waals surface area contributed by atoms with Crippen LogP contribution in [0.3, 0.4) is 0 Å². The van der Waals surface area contributed by atoms with Crippen LogP contribution in [0.1, 0.15) is 74.1 Å². The molecule has 2 aliphatic rings. The second kappa shape index (κ2) is 8.12. The van der Waals surface area contributed by atoms with Gasteiger partial charge in [0.15, 0.2) is 0 Å². The first-order valence-electron chi connectivity index (χ1n) is 13.1. The van der Waals surface area contributed by atoms with Gasteiger partial charge in [-0.05, 0) is 79.2 Å². The lowest BCUT2D eigenvalue weighted by molar-refractivity contribution is -0.633. The number of hydrogen-bond acceptors (Lipinski definition) is 1. The monoisotopic (exact) mass is 450 g/mol. The predicted octanol–water partition coefficient (Wildman–Crippen LogP) is 8.45. The number of ether oxygens (including phenoxy) is 1. The Kier molecular flexibility index (Phi) is 5.17. The van der Waals surface area contributed by atoms with E-state index in [4.69, 9.17) is 4.74 Å². The first-order chi connectivity index (χ1) is 16.4. The van der Waals surface area contributed by atoms with E-state index in [0.29, 0.717) is 11.8 Å². The molecule has 6 rings (SSSR count). The van der Waals surface area contributed by atoms with Gasteiger partial charge in [0.1, 0.15) is 12.8 Å². The van der Waals surface area contributed by atoms with Crippen LogP contribution in [0.15, 0.2) is 42.5 Å². The van der Waals surface area contributed by atoms with Gasteiger partial charge in [0.05, 0.1) is 10.9 Å². The molecule has 4 aromatic rings. The summed E-state index contributed by atoms with van der Waals surface area (Å²) in [4.78, 5) is 0. The van der Waals surface area contributed by atoms with Crippen LogP contribution < -0.4 is 9.30 Å². The number of benzene rings is 3. The fraction of sp³-hybridized carbons (Fsp3) is 0.406. The molecule has 1 saturated carbocycles. The summed E-state index contributed by atoms with van der Waals surface area (Å²) >= 11 is 0. The molecule has 174 valence electrons.